The Morgan fingerprint density at radius 1 is 1.40 bits per heavy atom. The molecule has 0 unspecified atom stereocenters. The Labute approximate surface area is 148 Å². The Hall–Kier alpha value is -1.96. The van der Waals surface area contributed by atoms with Crippen LogP contribution in [0.15, 0.2) is 24.3 Å². The highest BCUT2D eigenvalue weighted by atomic mass is 16.5. The smallest absolute Gasteiger partial charge is 0.253 e. The van der Waals surface area contributed by atoms with E-state index in [0.29, 0.717) is 31.4 Å². The van der Waals surface area contributed by atoms with Crippen LogP contribution in [0, 0.1) is 0 Å². The Kier molecular flexibility index (Phi) is 5.67. The third-order valence-electron chi connectivity index (χ3n) is 5.10. The van der Waals surface area contributed by atoms with Crippen LogP contribution in [0.4, 0.5) is 11.4 Å². The second-order valence-corrected chi connectivity index (χ2v) is 6.64. The third kappa shape index (κ3) is 4.00. The fourth-order valence-corrected chi connectivity index (χ4v) is 3.25. The summed E-state index contributed by atoms with van der Waals surface area (Å²) in [5, 5.41) is 2.93. The minimum absolute atomic E-state index is 0.0478. The van der Waals surface area contributed by atoms with Gasteiger partial charge >= 0.3 is 0 Å². The highest BCUT2D eigenvalue weighted by molar-refractivity contribution is 5.97. The van der Waals surface area contributed by atoms with Gasteiger partial charge in [0.15, 0.2) is 0 Å². The predicted molar refractivity (Wildman–Crippen MR) is 96.5 cm³/mol. The topological polar surface area (TPSA) is 87.9 Å². The molecule has 0 bridgehead atoms. The average molecular weight is 346 g/mol. The van der Waals surface area contributed by atoms with Gasteiger partial charge in [0.2, 0.25) is 5.91 Å². The van der Waals surface area contributed by atoms with Crippen molar-refractivity contribution in [1.82, 2.24) is 4.90 Å². The molecule has 2 amide bonds. The molecule has 0 aromatic heterocycles. The monoisotopic (exact) mass is 346 g/mol. The summed E-state index contributed by atoms with van der Waals surface area (Å²) in [6.07, 6.45) is 3.47. The number of likely N-dealkylation sites (N-methyl/N-ethyl adjacent to an activating group) is 1. The first-order chi connectivity index (χ1) is 12.1. The highest BCUT2D eigenvalue weighted by Crippen LogP contribution is 2.25. The van der Waals surface area contributed by atoms with Crippen molar-refractivity contribution in [3.63, 3.8) is 0 Å². The van der Waals surface area contributed by atoms with E-state index in [9.17, 15) is 9.59 Å². The van der Waals surface area contributed by atoms with Crippen LogP contribution >= 0.6 is 0 Å². The molecule has 1 atom stereocenters. The van der Waals surface area contributed by atoms with Crippen LogP contribution in [0.2, 0.25) is 0 Å². The number of carbonyl (C=O) groups excluding carboxylic acids is 2. The quantitative estimate of drug-likeness (QED) is 0.795. The van der Waals surface area contributed by atoms with Gasteiger partial charge in [-0.1, -0.05) is 6.42 Å². The van der Waals surface area contributed by atoms with Gasteiger partial charge in [0.05, 0.1) is 6.61 Å². The normalized spacial score (nSPS) is 19.6. The van der Waals surface area contributed by atoms with Gasteiger partial charge in [-0.25, -0.2) is 0 Å². The van der Waals surface area contributed by atoms with E-state index in [1.807, 2.05) is 31.3 Å². The fraction of sp³-hybridized carbons (Fsp3) is 0.556. The molecule has 1 saturated heterocycles. The van der Waals surface area contributed by atoms with Gasteiger partial charge in [0.25, 0.3) is 5.91 Å². The molecule has 2 aliphatic rings. The number of nitrogens with two attached hydrogens (primary N) is 1. The van der Waals surface area contributed by atoms with Crippen molar-refractivity contribution in [3.05, 3.63) is 24.3 Å². The van der Waals surface area contributed by atoms with Gasteiger partial charge in [-0.05, 0) is 44.2 Å². The van der Waals surface area contributed by atoms with E-state index in [-0.39, 0.29) is 24.5 Å². The first kappa shape index (κ1) is 17.8. The van der Waals surface area contributed by atoms with Crippen LogP contribution in [0.3, 0.4) is 0 Å². The summed E-state index contributed by atoms with van der Waals surface area (Å²) in [5.74, 6) is -0.138. The summed E-state index contributed by atoms with van der Waals surface area (Å²) >= 11 is 0. The Balaban J connectivity index is 1.61. The number of anilines is 2. The molecule has 1 aliphatic carbocycles. The zero-order valence-corrected chi connectivity index (χ0v) is 14.6. The lowest BCUT2D eigenvalue weighted by atomic mass is 9.90. The van der Waals surface area contributed by atoms with Gasteiger partial charge in [-0.3, -0.25) is 14.5 Å². The molecular formula is C18H26N4O3. The van der Waals surface area contributed by atoms with E-state index in [1.54, 1.807) is 4.90 Å². The van der Waals surface area contributed by atoms with Crippen LogP contribution in [-0.4, -0.2) is 62.1 Å². The van der Waals surface area contributed by atoms with Crippen LogP contribution in [0.25, 0.3) is 0 Å². The highest BCUT2D eigenvalue weighted by Gasteiger charge is 2.31. The first-order valence-electron chi connectivity index (χ1n) is 8.81. The van der Waals surface area contributed by atoms with Gasteiger partial charge in [-0.15, -0.1) is 0 Å². The molecule has 3 rings (SSSR count). The number of benzene rings is 1. The number of rotatable bonds is 6. The van der Waals surface area contributed by atoms with E-state index in [4.69, 9.17) is 10.5 Å². The molecule has 1 heterocycles. The summed E-state index contributed by atoms with van der Waals surface area (Å²) in [6.45, 7) is 1.49. The van der Waals surface area contributed by atoms with Gasteiger partial charge in [0.1, 0.15) is 12.6 Å². The molecule has 0 radical (unpaired) electrons. The first-order valence-corrected chi connectivity index (χ1v) is 8.81. The number of morpholine rings is 1. The molecule has 1 aromatic carbocycles. The van der Waals surface area contributed by atoms with Crippen LogP contribution in [0.1, 0.15) is 19.3 Å². The summed E-state index contributed by atoms with van der Waals surface area (Å²) < 4.78 is 5.14. The lowest BCUT2D eigenvalue weighted by molar-refractivity contribution is -0.125. The van der Waals surface area contributed by atoms with E-state index in [1.165, 1.54) is 6.42 Å². The van der Waals surface area contributed by atoms with Crippen molar-refractivity contribution >= 4 is 23.2 Å². The lowest BCUT2D eigenvalue weighted by Gasteiger charge is -2.38. The van der Waals surface area contributed by atoms with Crippen molar-refractivity contribution in [2.45, 2.75) is 31.3 Å². The largest absolute Gasteiger partial charge is 0.370 e. The zero-order valence-electron chi connectivity index (χ0n) is 14.6. The SMILES string of the molecule is CN(C1CCC1)[C@H](CN)C(=O)Nc1ccc(N2CCOCC2=O)cc1. The number of carbonyl (C=O) groups is 2. The Bertz CT molecular complexity index is 615. The summed E-state index contributed by atoms with van der Waals surface area (Å²) in [4.78, 5) is 28.2. The number of amides is 2. The predicted octanol–water partition coefficient (Wildman–Crippen LogP) is 0.800. The standard InChI is InChI=1S/C18H26N4O3/c1-21(14-3-2-4-14)16(11-19)18(24)20-13-5-7-15(8-6-13)22-9-10-25-12-17(22)23/h5-8,14,16H,2-4,9-12,19H2,1H3,(H,20,24)/t16-/m1/s1. The second-order valence-electron chi connectivity index (χ2n) is 6.64. The number of hydrogen-bond acceptors (Lipinski definition) is 5. The molecular weight excluding hydrogens is 320 g/mol. The maximum atomic E-state index is 12.6. The summed E-state index contributed by atoms with van der Waals surface area (Å²) in [6, 6.07) is 7.43. The Morgan fingerprint density at radius 3 is 2.68 bits per heavy atom. The number of nitrogens with zero attached hydrogens (tertiary/aromatic N) is 2. The van der Waals surface area contributed by atoms with Crippen LogP contribution in [-0.2, 0) is 14.3 Å². The molecule has 136 valence electrons. The molecule has 1 aliphatic heterocycles. The van der Waals surface area contributed by atoms with Crippen molar-refractivity contribution in [2.24, 2.45) is 5.73 Å². The Morgan fingerprint density at radius 2 is 2.12 bits per heavy atom. The van der Waals surface area contributed by atoms with E-state index < -0.39 is 0 Å². The minimum atomic E-state index is -0.328. The number of hydrogen-bond donors (Lipinski definition) is 2. The van der Waals surface area contributed by atoms with Gasteiger partial charge < -0.3 is 20.7 Å². The molecule has 7 heteroatoms. The lowest BCUT2D eigenvalue weighted by Crippen LogP contribution is -2.52. The van der Waals surface area contributed by atoms with Gasteiger partial charge in [0, 0.05) is 30.5 Å². The van der Waals surface area contributed by atoms with E-state index >= 15 is 0 Å². The molecule has 25 heavy (non-hydrogen) atoms. The van der Waals surface area contributed by atoms with Crippen molar-refractivity contribution in [2.75, 3.05) is 43.6 Å². The maximum absolute atomic E-state index is 12.6. The van der Waals surface area contributed by atoms with Crippen molar-refractivity contribution in [1.29, 1.82) is 0 Å². The number of nitrogens with one attached hydrogen (secondary N) is 1. The van der Waals surface area contributed by atoms with Crippen LogP contribution in [0.5, 0.6) is 0 Å². The fourth-order valence-electron chi connectivity index (χ4n) is 3.25. The van der Waals surface area contributed by atoms with Crippen molar-refractivity contribution in [3.8, 4) is 0 Å². The zero-order chi connectivity index (χ0) is 17.8. The third-order valence-corrected chi connectivity index (χ3v) is 5.10. The molecule has 2 fully saturated rings. The summed E-state index contributed by atoms with van der Waals surface area (Å²) in [7, 11) is 1.97. The van der Waals surface area contributed by atoms with Gasteiger partial charge in [-0.2, -0.15) is 0 Å². The minimum Gasteiger partial charge on any atom is -0.370 e. The molecule has 3 N–H and O–H groups in total. The summed E-state index contributed by atoms with van der Waals surface area (Å²) in [5.41, 5.74) is 7.34. The molecule has 0 spiro atoms. The number of ether oxygens (including phenoxy) is 1. The molecule has 1 saturated carbocycles. The average Bonchev–Trinajstić information content (AvgIpc) is 2.55. The molecule has 7 nitrogen and oxygen atoms in total. The van der Waals surface area contributed by atoms with Crippen molar-refractivity contribution < 1.29 is 14.3 Å². The van der Waals surface area contributed by atoms with Crippen LogP contribution < -0.4 is 16.0 Å². The second kappa shape index (κ2) is 7.95. The maximum Gasteiger partial charge on any atom is 0.253 e. The van der Waals surface area contributed by atoms with E-state index in [0.717, 1.165) is 18.5 Å². The molecule has 1 aromatic rings. The van der Waals surface area contributed by atoms with E-state index in [2.05, 4.69) is 10.2 Å².